The Hall–Kier alpha value is -1.96. The summed E-state index contributed by atoms with van der Waals surface area (Å²) in [5.74, 6) is -0.252. The van der Waals surface area contributed by atoms with Crippen LogP contribution in [0.15, 0.2) is 16.7 Å². The van der Waals surface area contributed by atoms with Crippen LogP contribution < -0.4 is 0 Å². The predicted octanol–water partition coefficient (Wildman–Crippen LogP) is 1.69. The van der Waals surface area contributed by atoms with Crippen molar-refractivity contribution in [1.82, 2.24) is 15.0 Å². The summed E-state index contributed by atoms with van der Waals surface area (Å²) in [4.78, 5) is 18.3. The number of esters is 1. The van der Waals surface area contributed by atoms with E-state index < -0.39 is 5.97 Å². The Kier molecular flexibility index (Phi) is 4.67. The minimum atomic E-state index is -0.484. The van der Waals surface area contributed by atoms with Gasteiger partial charge in [-0.25, -0.2) is 9.78 Å². The molecule has 2 heterocycles. The molecule has 2 atom stereocenters. The number of carbonyl (C=O) groups excluding carboxylic acids is 1. The van der Waals surface area contributed by atoms with Gasteiger partial charge in [0.1, 0.15) is 0 Å². The normalized spacial score (nSPS) is 23.2. The van der Waals surface area contributed by atoms with Gasteiger partial charge in [-0.05, 0) is 20.8 Å². The fourth-order valence-corrected chi connectivity index (χ4v) is 2.05. The second-order valence-corrected chi connectivity index (χ2v) is 4.64. The number of nitrogens with zero attached hydrogens (tertiary/aromatic N) is 4. The highest BCUT2D eigenvalue weighted by Gasteiger charge is 2.22. The van der Waals surface area contributed by atoms with E-state index in [2.05, 4.69) is 20.3 Å². The molecule has 1 aliphatic heterocycles. The molecule has 20 heavy (non-hydrogen) atoms. The van der Waals surface area contributed by atoms with E-state index in [1.165, 1.54) is 6.33 Å². The van der Waals surface area contributed by atoms with Gasteiger partial charge in [0.2, 0.25) is 5.82 Å². The van der Waals surface area contributed by atoms with Crippen LogP contribution in [0.3, 0.4) is 0 Å². The summed E-state index contributed by atoms with van der Waals surface area (Å²) in [5.41, 5.74) is 0.213. The summed E-state index contributed by atoms with van der Waals surface area (Å²) in [5, 5.41) is 9.94. The second-order valence-electron chi connectivity index (χ2n) is 4.64. The number of morpholine rings is 1. The molecular weight excluding hydrogens is 262 g/mol. The van der Waals surface area contributed by atoms with Gasteiger partial charge in [0.25, 0.3) is 0 Å². The Morgan fingerprint density at radius 3 is 2.90 bits per heavy atom. The van der Waals surface area contributed by atoms with Crippen molar-refractivity contribution in [2.45, 2.75) is 33.0 Å². The quantitative estimate of drug-likeness (QED) is 0.669. The highest BCUT2D eigenvalue weighted by atomic mass is 16.5. The molecule has 0 saturated carbocycles. The van der Waals surface area contributed by atoms with Gasteiger partial charge in [0.15, 0.2) is 5.69 Å². The average molecular weight is 281 g/mol. The van der Waals surface area contributed by atoms with E-state index >= 15 is 0 Å². The maximum atomic E-state index is 11.7. The summed E-state index contributed by atoms with van der Waals surface area (Å²) in [7, 11) is 0. The molecule has 0 amide bonds. The number of rotatable bonds is 4. The molecule has 1 aliphatic rings. The Morgan fingerprint density at radius 1 is 1.55 bits per heavy atom. The number of nitrogens with one attached hydrogen (secondary N) is 1. The predicted molar refractivity (Wildman–Crippen MR) is 70.6 cm³/mol. The van der Waals surface area contributed by atoms with Crippen LogP contribution in [-0.4, -0.2) is 52.9 Å². The van der Waals surface area contributed by atoms with Crippen molar-refractivity contribution in [2.24, 2.45) is 10.3 Å². The molecule has 1 saturated heterocycles. The second kappa shape index (κ2) is 6.47. The highest BCUT2D eigenvalue weighted by molar-refractivity contribution is 5.91. The minimum absolute atomic E-state index is 0.0985. The van der Waals surface area contributed by atoms with Gasteiger partial charge in [0, 0.05) is 0 Å². The lowest BCUT2D eigenvalue weighted by atomic mass is 10.3. The first-order valence-corrected chi connectivity index (χ1v) is 6.62. The summed E-state index contributed by atoms with van der Waals surface area (Å²) in [6.07, 6.45) is 1.59. The average Bonchev–Trinajstić information content (AvgIpc) is 2.84. The first-order valence-electron chi connectivity index (χ1n) is 6.62. The monoisotopic (exact) mass is 281 g/mol. The Morgan fingerprint density at radius 2 is 2.25 bits per heavy atom. The summed E-state index contributed by atoms with van der Waals surface area (Å²) < 4.78 is 10.5. The van der Waals surface area contributed by atoms with Crippen LogP contribution in [0.25, 0.3) is 0 Å². The van der Waals surface area contributed by atoms with Crippen LogP contribution in [-0.2, 0) is 9.47 Å². The summed E-state index contributed by atoms with van der Waals surface area (Å²) >= 11 is 0. The Balaban J connectivity index is 2.04. The molecule has 1 aromatic heterocycles. The van der Waals surface area contributed by atoms with E-state index in [0.717, 1.165) is 0 Å². The van der Waals surface area contributed by atoms with Gasteiger partial charge < -0.3 is 14.5 Å². The van der Waals surface area contributed by atoms with Gasteiger partial charge in [0.05, 0.1) is 38.2 Å². The summed E-state index contributed by atoms with van der Waals surface area (Å²) in [6.45, 7) is 7.33. The number of imidazole rings is 1. The third-order valence-electron chi connectivity index (χ3n) is 2.77. The van der Waals surface area contributed by atoms with Crippen LogP contribution in [0.1, 0.15) is 31.3 Å². The smallest absolute Gasteiger partial charge is 0.358 e. The van der Waals surface area contributed by atoms with Crippen molar-refractivity contribution in [2.75, 3.05) is 19.7 Å². The van der Waals surface area contributed by atoms with Crippen molar-refractivity contribution in [3.8, 4) is 0 Å². The highest BCUT2D eigenvalue weighted by Crippen LogP contribution is 2.17. The molecule has 0 aliphatic carbocycles. The molecule has 1 N–H and O–H groups in total. The van der Waals surface area contributed by atoms with Gasteiger partial charge >= 0.3 is 5.97 Å². The lowest BCUT2D eigenvalue weighted by Gasteiger charge is -2.32. The zero-order valence-electron chi connectivity index (χ0n) is 11.9. The molecule has 1 fully saturated rings. The van der Waals surface area contributed by atoms with Crippen molar-refractivity contribution >= 4 is 11.8 Å². The molecule has 0 radical (unpaired) electrons. The standard InChI is InChI=1S/C12H19N5O3/c1-4-19-12(18)10-11(14-7-13-10)15-16-17-5-8(2)20-9(3)6-17/h7-9H,4-6H2,1-3H3,(H,13,14)/t8-,9-/m1/s1. The zero-order valence-corrected chi connectivity index (χ0v) is 11.9. The maximum Gasteiger partial charge on any atom is 0.358 e. The van der Waals surface area contributed by atoms with E-state index in [-0.39, 0.29) is 23.7 Å². The minimum Gasteiger partial charge on any atom is -0.461 e. The number of ether oxygens (including phenoxy) is 2. The topological polar surface area (TPSA) is 92.2 Å². The number of aromatic amines is 1. The molecule has 110 valence electrons. The largest absolute Gasteiger partial charge is 0.461 e. The SMILES string of the molecule is CCOC(=O)c1[nH]cnc1N=NN1C[C@@H](C)O[C@H](C)C1. The van der Waals surface area contributed by atoms with Crippen LogP contribution in [0, 0.1) is 0 Å². The van der Waals surface area contributed by atoms with Gasteiger partial charge in [-0.15, -0.1) is 5.11 Å². The number of aromatic nitrogens is 2. The van der Waals surface area contributed by atoms with E-state index in [1.54, 1.807) is 6.92 Å². The van der Waals surface area contributed by atoms with Crippen molar-refractivity contribution in [1.29, 1.82) is 0 Å². The molecular formula is C12H19N5O3. The van der Waals surface area contributed by atoms with E-state index in [4.69, 9.17) is 9.47 Å². The van der Waals surface area contributed by atoms with Crippen LogP contribution in [0.4, 0.5) is 5.82 Å². The molecule has 0 bridgehead atoms. The Bertz CT molecular complexity index is 477. The fourth-order valence-electron chi connectivity index (χ4n) is 2.05. The van der Waals surface area contributed by atoms with E-state index in [1.807, 2.05) is 18.9 Å². The zero-order chi connectivity index (χ0) is 14.5. The van der Waals surface area contributed by atoms with Gasteiger partial charge in [-0.2, -0.15) is 0 Å². The van der Waals surface area contributed by atoms with Gasteiger partial charge in [-0.3, -0.25) is 5.01 Å². The number of carbonyl (C=O) groups is 1. The van der Waals surface area contributed by atoms with Crippen molar-refractivity contribution < 1.29 is 14.3 Å². The third-order valence-corrected chi connectivity index (χ3v) is 2.77. The molecule has 1 aromatic rings. The first kappa shape index (κ1) is 14.4. The van der Waals surface area contributed by atoms with Crippen molar-refractivity contribution in [3.05, 3.63) is 12.0 Å². The lowest BCUT2D eigenvalue weighted by Crippen LogP contribution is -2.42. The summed E-state index contributed by atoms with van der Waals surface area (Å²) in [6, 6.07) is 0. The Labute approximate surface area is 117 Å². The third kappa shape index (κ3) is 3.53. The molecule has 8 heteroatoms. The van der Waals surface area contributed by atoms with Gasteiger partial charge in [-0.1, -0.05) is 5.22 Å². The van der Waals surface area contributed by atoms with Crippen LogP contribution in [0.5, 0.6) is 0 Å². The number of H-pyrrole nitrogens is 1. The van der Waals surface area contributed by atoms with E-state index in [9.17, 15) is 4.79 Å². The fraction of sp³-hybridized carbons (Fsp3) is 0.667. The molecule has 0 spiro atoms. The number of hydrogen-bond donors (Lipinski definition) is 1. The van der Waals surface area contributed by atoms with Crippen LogP contribution >= 0.6 is 0 Å². The maximum absolute atomic E-state index is 11.7. The lowest BCUT2D eigenvalue weighted by molar-refractivity contribution is -0.0697. The molecule has 0 aromatic carbocycles. The number of hydrogen-bond acceptors (Lipinski definition) is 6. The molecule has 0 unspecified atom stereocenters. The molecule has 8 nitrogen and oxygen atoms in total. The van der Waals surface area contributed by atoms with Crippen molar-refractivity contribution in [3.63, 3.8) is 0 Å². The molecule has 2 rings (SSSR count). The van der Waals surface area contributed by atoms with E-state index in [0.29, 0.717) is 19.7 Å². The van der Waals surface area contributed by atoms with Crippen LogP contribution in [0.2, 0.25) is 0 Å². The first-order chi connectivity index (χ1) is 9.60.